The van der Waals surface area contributed by atoms with E-state index in [9.17, 15) is 4.79 Å². The van der Waals surface area contributed by atoms with Crippen molar-refractivity contribution in [3.63, 3.8) is 0 Å². The number of carbonyl (C=O) groups excluding carboxylic acids is 1. The Kier molecular flexibility index (Phi) is 8.38. The molecule has 0 spiro atoms. The number of nitrogens with one attached hydrogen (secondary N) is 1. The van der Waals surface area contributed by atoms with Crippen LogP contribution in [0.4, 0.5) is 0 Å². The Hall–Kier alpha value is -1.79. The predicted octanol–water partition coefficient (Wildman–Crippen LogP) is 4.96. The van der Waals surface area contributed by atoms with E-state index in [1.54, 1.807) is 23.5 Å². The second-order valence-corrected chi connectivity index (χ2v) is 7.86. The number of nitrogens with zero attached hydrogens (tertiary/aromatic N) is 1. The van der Waals surface area contributed by atoms with E-state index in [1.165, 1.54) is 4.88 Å². The SMILES string of the molecule is CCCCOc1c(Cl)cc(C(=O)NCCc2sc(C)nc2C)cc1OCC. The van der Waals surface area contributed by atoms with Crippen molar-refractivity contribution in [2.24, 2.45) is 0 Å². The van der Waals surface area contributed by atoms with Gasteiger partial charge < -0.3 is 14.8 Å². The maximum atomic E-state index is 12.5. The van der Waals surface area contributed by atoms with E-state index in [1.807, 2.05) is 20.8 Å². The minimum atomic E-state index is -0.183. The number of halogens is 1. The minimum Gasteiger partial charge on any atom is -0.490 e. The van der Waals surface area contributed by atoms with Gasteiger partial charge in [0.05, 0.1) is 28.9 Å². The van der Waals surface area contributed by atoms with E-state index in [0.717, 1.165) is 30.0 Å². The molecule has 0 atom stereocenters. The van der Waals surface area contributed by atoms with Crippen LogP contribution in [0.2, 0.25) is 5.02 Å². The van der Waals surface area contributed by atoms with Crippen molar-refractivity contribution in [2.75, 3.05) is 19.8 Å². The van der Waals surface area contributed by atoms with E-state index >= 15 is 0 Å². The summed E-state index contributed by atoms with van der Waals surface area (Å²) in [5, 5.41) is 4.36. The van der Waals surface area contributed by atoms with Gasteiger partial charge in [-0.2, -0.15) is 0 Å². The largest absolute Gasteiger partial charge is 0.490 e. The van der Waals surface area contributed by atoms with Gasteiger partial charge in [-0.05, 0) is 39.3 Å². The topological polar surface area (TPSA) is 60.5 Å². The number of benzene rings is 1. The van der Waals surface area contributed by atoms with Gasteiger partial charge in [0.1, 0.15) is 0 Å². The number of carbonyl (C=O) groups is 1. The lowest BCUT2D eigenvalue weighted by Gasteiger charge is -2.15. The highest BCUT2D eigenvalue weighted by Gasteiger charge is 2.16. The fraction of sp³-hybridized carbons (Fsp3) is 0.500. The Balaban J connectivity index is 2.05. The van der Waals surface area contributed by atoms with Crippen LogP contribution in [0.1, 0.15) is 52.6 Å². The van der Waals surface area contributed by atoms with Crippen LogP contribution in [0.25, 0.3) is 0 Å². The zero-order valence-electron chi connectivity index (χ0n) is 16.4. The maximum absolute atomic E-state index is 12.5. The monoisotopic (exact) mass is 410 g/mol. The van der Waals surface area contributed by atoms with Gasteiger partial charge in [0, 0.05) is 23.4 Å². The molecule has 1 N–H and O–H groups in total. The smallest absolute Gasteiger partial charge is 0.251 e. The Labute approximate surface area is 170 Å². The van der Waals surface area contributed by atoms with Gasteiger partial charge >= 0.3 is 0 Å². The van der Waals surface area contributed by atoms with E-state index in [4.69, 9.17) is 21.1 Å². The van der Waals surface area contributed by atoms with Gasteiger partial charge in [-0.15, -0.1) is 11.3 Å². The molecule has 0 aliphatic heterocycles. The second-order valence-electron chi connectivity index (χ2n) is 6.17. The standard InChI is InChI=1S/C20H27ClN2O3S/c1-5-7-10-26-19-16(21)11-15(12-17(19)25-6-2)20(24)22-9-8-18-13(3)23-14(4)27-18/h11-12H,5-10H2,1-4H3,(H,22,24). The van der Waals surface area contributed by atoms with Crippen molar-refractivity contribution in [3.05, 3.63) is 38.3 Å². The van der Waals surface area contributed by atoms with E-state index in [-0.39, 0.29) is 5.91 Å². The summed E-state index contributed by atoms with van der Waals surface area (Å²) in [4.78, 5) is 18.1. The molecule has 1 aromatic carbocycles. The molecule has 1 aromatic heterocycles. The number of aryl methyl sites for hydroxylation is 2. The van der Waals surface area contributed by atoms with Crippen LogP contribution in [-0.2, 0) is 6.42 Å². The molecule has 0 radical (unpaired) electrons. The normalized spacial score (nSPS) is 10.7. The zero-order valence-corrected chi connectivity index (χ0v) is 17.9. The molecule has 2 aromatic rings. The molecule has 0 saturated heterocycles. The molecule has 1 amide bonds. The number of thiazole rings is 1. The molecule has 0 saturated carbocycles. The van der Waals surface area contributed by atoms with Crippen molar-refractivity contribution >= 4 is 28.8 Å². The van der Waals surface area contributed by atoms with Gasteiger partial charge in [-0.25, -0.2) is 4.98 Å². The lowest BCUT2D eigenvalue weighted by molar-refractivity contribution is 0.0953. The second kappa shape index (κ2) is 10.5. The molecule has 0 aliphatic rings. The first-order valence-electron chi connectivity index (χ1n) is 9.26. The predicted molar refractivity (Wildman–Crippen MR) is 111 cm³/mol. The van der Waals surface area contributed by atoms with Gasteiger partial charge in [0.15, 0.2) is 11.5 Å². The third-order valence-corrected chi connectivity index (χ3v) is 5.37. The van der Waals surface area contributed by atoms with Crippen LogP contribution >= 0.6 is 22.9 Å². The molecular formula is C20H27ClN2O3S. The van der Waals surface area contributed by atoms with Crippen molar-refractivity contribution in [2.45, 2.75) is 47.0 Å². The zero-order chi connectivity index (χ0) is 19.8. The third kappa shape index (κ3) is 6.11. The molecular weight excluding hydrogens is 384 g/mol. The average Bonchev–Trinajstić information content (AvgIpc) is 2.94. The molecule has 0 aliphatic carbocycles. The first-order chi connectivity index (χ1) is 13.0. The Bertz CT molecular complexity index is 777. The molecule has 148 valence electrons. The number of hydrogen-bond acceptors (Lipinski definition) is 5. The average molecular weight is 411 g/mol. The molecule has 0 unspecified atom stereocenters. The number of aromatic nitrogens is 1. The summed E-state index contributed by atoms with van der Waals surface area (Å²) in [6.45, 7) is 9.53. The fourth-order valence-corrected chi connectivity index (χ4v) is 3.82. The summed E-state index contributed by atoms with van der Waals surface area (Å²) in [6.07, 6.45) is 2.72. The lowest BCUT2D eigenvalue weighted by atomic mass is 10.1. The number of unbranched alkanes of at least 4 members (excludes halogenated alkanes) is 1. The van der Waals surface area contributed by atoms with Crippen molar-refractivity contribution in [1.82, 2.24) is 10.3 Å². The highest BCUT2D eigenvalue weighted by atomic mass is 35.5. The number of amides is 1. The first kappa shape index (κ1) is 21.5. The van der Waals surface area contributed by atoms with Crippen LogP contribution in [0.15, 0.2) is 12.1 Å². The molecule has 27 heavy (non-hydrogen) atoms. The van der Waals surface area contributed by atoms with Gasteiger partial charge in [-0.3, -0.25) is 4.79 Å². The Morgan fingerprint density at radius 1 is 1.26 bits per heavy atom. The number of ether oxygens (including phenoxy) is 2. The number of hydrogen-bond donors (Lipinski definition) is 1. The van der Waals surface area contributed by atoms with Crippen molar-refractivity contribution in [3.8, 4) is 11.5 Å². The van der Waals surface area contributed by atoms with Crippen molar-refractivity contribution < 1.29 is 14.3 Å². The summed E-state index contributed by atoms with van der Waals surface area (Å²) < 4.78 is 11.4. The fourth-order valence-electron chi connectivity index (χ4n) is 2.62. The Morgan fingerprint density at radius 3 is 2.67 bits per heavy atom. The van der Waals surface area contributed by atoms with E-state index in [2.05, 4.69) is 17.2 Å². The van der Waals surface area contributed by atoms with Crippen LogP contribution in [0, 0.1) is 13.8 Å². The van der Waals surface area contributed by atoms with Gasteiger partial charge in [0.25, 0.3) is 5.91 Å². The third-order valence-electron chi connectivity index (χ3n) is 3.95. The molecule has 5 nitrogen and oxygen atoms in total. The summed E-state index contributed by atoms with van der Waals surface area (Å²) in [5.41, 5.74) is 1.49. The van der Waals surface area contributed by atoms with Gasteiger partial charge in [-0.1, -0.05) is 24.9 Å². The van der Waals surface area contributed by atoms with E-state index in [0.29, 0.717) is 41.8 Å². The summed E-state index contributed by atoms with van der Waals surface area (Å²) in [7, 11) is 0. The van der Waals surface area contributed by atoms with E-state index < -0.39 is 0 Å². The molecule has 2 rings (SSSR count). The highest BCUT2D eigenvalue weighted by molar-refractivity contribution is 7.11. The quantitative estimate of drug-likeness (QED) is 0.562. The molecule has 0 bridgehead atoms. The van der Waals surface area contributed by atoms with Crippen LogP contribution in [0.3, 0.4) is 0 Å². The van der Waals surface area contributed by atoms with Gasteiger partial charge in [0.2, 0.25) is 0 Å². The Morgan fingerprint density at radius 2 is 2.04 bits per heavy atom. The molecule has 7 heteroatoms. The lowest BCUT2D eigenvalue weighted by Crippen LogP contribution is -2.25. The number of rotatable bonds is 10. The first-order valence-corrected chi connectivity index (χ1v) is 10.5. The highest BCUT2D eigenvalue weighted by Crippen LogP contribution is 2.37. The summed E-state index contributed by atoms with van der Waals surface area (Å²) in [6, 6.07) is 3.32. The molecule has 0 fully saturated rings. The summed E-state index contributed by atoms with van der Waals surface area (Å²) in [5.74, 6) is 0.816. The maximum Gasteiger partial charge on any atom is 0.251 e. The van der Waals surface area contributed by atoms with Crippen LogP contribution in [0.5, 0.6) is 11.5 Å². The van der Waals surface area contributed by atoms with Crippen molar-refractivity contribution in [1.29, 1.82) is 0 Å². The molecule has 1 heterocycles. The summed E-state index contributed by atoms with van der Waals surface area (Å²) >= 11 is 8.02. The minimum absolute atomic E-state index is 0.183. The van der Waals surface area contributed by atoms with Crippen LogP contribution < -0.4 is 14.8 Å². The van der Waals surface area contributed by atoms with Crippen LogP contribution in [-0.4, -0.2) is 30.6 Å².